The van der Waals surface area contributed by atoms with Gasteiger partial charge in [0.2, 0.25) is 0 Å². The van der Waals surface area contributed by atoms with Gasteiger partial charge in [0.25, 0.3) is 5.91 Å². The molecule has 100 valence electrons. The van der Waals surface area contributed by atoms with Crippen molar-refractivity contribution < 1.29 is 9.90 Å². The van der Waals surface area contributed by atoms with Crippen LogP contribution in [0.15, 0.2) is 18.2 Å². The van der Waals surface area contributed by atoms with Crippen molar-refractivity contribution >= 4 is 11.6 Å². The molecule has 1 aromatic rings. The molecule has 0 aliphatic rings. The van der Waals surface area contributed by atoms with Crippen molar-refractivity contribution in [3.8, 4) is 5.75 Å². The summed E-state index contributed by atoms with van der Waals surface area (Å²) in [5.74, 6) is -0.180. The monoisotopic (exact) mass is 250 g/mol. The predicted molar refractivity (Wildman–Crippen MR) is 73.6 cm³/mol. The molecule has 1 aromatic carbocycles. The summed E-state index contributed by atoms with van der Waals surface area (Å²) >= 11 is 0. The standard InChI is InChI=1S/C14H22N2O2/c1-3-4-5-6-10(2)16-14(18)12-9-11(17)7-8-13(12)15/h7-10,17H,3-6,15H2,1-2H3,(H,16,18). The highest BCUT2D eigenvalue weighted by Gasteiger charge is 2.13. The Bertz CT molecular complexity index is 405. The maximum atomic E-state index is 12.0. The third kappa shape index (κ3) is 4.28. The van der Waals surface area contributed by atoms with E-state index in [2.05, 4.69) is 12.2 Å². The second-order valence-electron chi connectivity index (χ2n) is 4.64. The van der Waals surface area contributed by atoms with Crippen LogP contribution in [0.3, 0.4) is 0 Å². The highest BCUT2D eigenvalue weighted by molar-refractivity contribution is 5.99. The summed E-state index contributed by atoms with van der Waals surface area (Å²) in [6.45, 7) is 4.13. The van der Waals surface area contributed by atoms with Crippen LogP contribution in [0.2, 0.25) is 0 Å². The summed E-state index contributed by atoms with van der Waals surface area (Å²) in [5, 5.41) is 12.3. The number of phenolic OH excluding ortho intramolecular Hbond substituents is 1. The second kappa shape index (κ2) is 6.89. The number of aromatic hydroxyl groups is 1. The van der Waals surface area contributed by atoms with E-state index in [4.69, 9.17) is 5.73 Å². The fourth-order valence-electron chi connectivity index (χ4n) is 1.82. The fraction of sp³-hybridized carbons (Fsp3) is 0.500. The van der Waals surface area contributed by atoms with Crippen LogP contribution < -0.4 is 11.1 Å². The molecule has 0 aliphatic heterocycles. The molecule has 0 heterocycles. The van der Waals surface area contributed by atoms with Gasteiger partial charge in [-0.3, -0.25) is 4.79 Å². The van der Waals surface area contributed by atoms with Gasteiger partial charge in [-0.1, -0.05) is 26.2 Å². The molecule has 1 amide bonds. The van der Waals surface area contributed by atoms with E-state index >= 15 is 0 Å². The topological polar surface area (TPSA) is 75.3 Å². The number of carbonyl (C=O) groups excluding carboxylic acids is 1. The lowest BCUT2D eigenvalue weighted by atomic mass is 10.1. The minimum atomic E-state index is -0.229. The molecule has 18 heavy (non-hydrogen) atoms. The SMILES string of the molecule is CCCCCC(C)NC(=O)c1cc(O)ccc1N. The zero-order valence-corrected chi connectivity index (χ0v) is 11.1. The van der Waals surface area contributed by atoms with E-state index < -0.39 is 0 Å². The molecule has 1 rings (SSSR count). The zero-order valence-electron chi connectivity index (χ0n) is 11.1. The van der Waals surface area contributed by atoms with Gasteiger partial charge in [0.1, 0.15) is 5.75 Å². The number of carbonyl (C=O) groups is 1. The third-order valence-electron chi connectivity index (χ3n) is 2.90. The minimum absolute atomic E-state index is 0.0491. The molecule has 1 unspecified atom stereocenters. The highest BCUT2D eigenvalue weighted by Crippen LogP contribution is 2.18. The van der Waals surface area contributed by atoms with Crippen LogP contribution in [0.5, 0.6) is 5.75 Å². The Morgan fingerprint density at radius 1 is 1.44 bits per heavy atom. The Morgan fingerprint density at radius 3 is 2.83 bits per heavy atom. The first-order valence-corrected chi connectivity index (χ1v) is 6.44. The van der Waals surface area contributed by atoms with Crippen molar-refractivity contribution in [2.45, 2.75) is 45.6 Å². The quantitative estimate of drug-likeness (QED) is 0.413. The van der Waals surface area contributed by atoms with Gasteiger partial charge in [-0.25, -0.2) is 0 Å². The van der Waals surface area contributed by atoms with E-state index in [0.717, 1.165) is 12.8 Å². The number of hydrogen-bond acceptors (Lipinski definition) is 3. The van der Waals surface area contributed by atoms with Crippen molar-refractivity contribution in [1.82, 2.24) is 5.32 Å². The lowest BCUT2D eigenvalue weighted by Crippen LogP contribution is -2.32. The molecular weight excluding hydrogens is 228 g/mol. The lowest BCUT2D eigenvalue weighted by molar-refractivity contribution is 0.0938. The van der Waals surface area contributed by atoms with Gasteiger partial charge in [-0.2, -0.15) is 0 Å². The average molecular weight is 250 g/mol. The van der Waals surface area contributed by atoms with E-state index in [1.807, 2.05) is 6.92 Å². The van der Waals surface area contributed by atoms with Crippen molar-refractivity contribution in [1.29, 1.82) is 0 Å². The molecule has 0 aromatic heterocycles. The van der Waals surface area contributed by atoms with Crippen LogP contribution in [-0.2, 0) is 0 Å². The number of anilines is 1. The van der Waals surface area contributed by atoms with Crippen LogP contribution in [0, 0.1) is 0 Å². The Labute approximate surface area is 108 Å². The number of amides is 1. The van der Waals surface area contributed by atoms with Crippen LogP contribution in [0.1, 0.15) is 49.9 Å². The van der Waals surface area contributed by atoms with Gasteiger partial charge in [-0.15, -0.1) is 0 Å². The predicted octanol–water partition coefficient (Wildman–Crippen LogP) is 2.67. The van der Waals surface area contributed by atoms with Gasteiger partial charge in [0, 0.05) is 11.7 Å². The van der Waals surface area contributed by atoms with Gasteiger partial charge >= 0.3 is 0 Å². The van der Waals surface area contributed by atoms with Crippen LogP contribution in [-0.4, -0.2) is 17.1 Å². The van der Waals surface area contributed by atoms with Crippen molar-refractivity contribution in [3.05, 3.63) is 23.8 Å². The maximum absolute atomic E-state index is 12.0. The molecular formula is C14H22N2O2. The normalized spacial score (nSPS) is 12.1. The molecule has 4 heteroatoms. The molecule has 4 N–H and O–H groups in total. The van der Waals surface area contributed by atoms with E-state index in [1.165, 1.54) is 31.0 Å². The fourth-order valence-corrected chi connectivity index (χ4v) is 1.82. The highest BCUT2D eigenvalue weighted by atomic mass is 16.3. The number of unbranched alkanes of at least 4 members (excludes halogenated alkanes) is 2. The molecule has 0 radical (unpaired) electrons. The molecule has 4 nitrogen and oxygen atoms in total. The molecule has 0 bridgehead atoms. The largest absolute Gasteiger partial charge is 0.508 e. The molecule has 0 saturated heterocycles. The molecule has 0 saturated carbocycles. The lowest BCUT2D eigenvalue weighted by Gasteiger charge is -2.14. The van der Waals surface area contributed by atoms with Crippen molar-refractivity contribution in [3.63, 3.8) is 0 Å². The van der Waals surface area contributed by atoms with Gasteiger partial charge in [-0.05, 0) is 31.5 Å². The molecule has 0 spiro atoms. The Hall–Kier alpha value is -1.71. The van der Waals surface area contributed by atoms with Crippen LogP contribution in [0.4, 0.5) is 5.69 Å². The number of nitrogens with one attached hydrogen (secondary N) is 1. The Kier molecular flexibility index (Phi) is 5.49. The summed E-state index contributed by atoms with van der Waals surface area (Å²) < 4.78 is 0. The van der Waals surface area contributed by atoms with Gasteiger partial charge in [0.15, 0.2) is 0 Å². The Morgan fingerprint density at radius 2 is 2.17 bits per heavy atom. The second-order valence-corrected chi connectivity index (χ2v) is 4.64. The van der Waals surface area contributed by atoms with Gasteiger partial charge in [0.05, 0.1) is 5.56 Å². The summed E-state index contributed by atoms with van der Waals surface area (Å²) in [6, 6.07) is 4.51. The third-order valence-corrected chi connectivity index (χ3v) is 2.90. The number of nitrogen functional groups attached to an aromatic ring is 1. The zero-order chi connectivity index (χ0) is 13.5. The summed E-state index contributed by atoms with van der Waals surface area (Å²) in [4.78, 5) is 12.0. The maximum Gasteiger partial charge on any atom is 0.253 e. The molecule has 0 aliphatic carbocycles. The smallest absolute Gasteiger partial charge is 0.253 e. The number of phenols is 1. The minimum Gasteiger partial charge on any atom is -0.508 e. The molecule has 0 fully saturated rings. The Balaban J connectivity index is 2.56. The summed E-state index contributed by atoms with van der Waals surface area (Å²) in [5.41, 5.74) is 6.43. The molecule has 1 atom stereocenters. The van der Waals surface area contributed by atoms with E-state index in [1.54, 1.807) is 0 Å². The number of benzene rings is 1. The average Bonchev–Trinajstić information content (AvgIpc) is 2.32. The van der Waals surface area contributed by atoms with Crippen LogP contribution in [0.25, 0.3) is 0 Å². The summed E-state index contributed by atoms with van der Waals surface area (Å²) in [6.07, 6.45) is 4.40. The van der Waals surface area contributed by atoms with Gasteiger partial charge < -0.3 is 16.2 Å². The number of hydrogen-bond donors (Lipinski definition) is 3. The summed E-state index contributed by atoms with van der Waals surface area (Å²) in [7, 11) is 0. The van der Waals surface area contributed by atoms with Crippen LogP contribution >= 0.6 is 0 Å². The number of rotatable bonds is 6. The van der Waals surface area contributed by atoms with Crippen molar-refractivity contribution in [2.75, 3.05) is 5.73 Å². The first-order chi connectivity index (χ1) is 8.54. The van der Waals surface area contributed by atoms with E-state index in [-0.39, 0.29) is 17.7 Å². The number of nitrogens with two attached hydrogens (primary N) is 1. The van der Waals surface area contributed by atoms with Crippen molar-refractivity contribution in [2.24, 2.45) is 0 Å². The first-order valence-electron chi connectivity index (χ1n) is 6.44. The first kappa shape index (κ1) is 14.4. The van der Waals surface area contributed by atoms with E-state index in [0.29, 0.717) is 11.3 Å². The van der Waals surface area contributed by atoms with E-state index in [9.17, 15) is 9.90 Å².